The Morgan fingerprint density at radius 1 is 1.27 bits per heavy atom. The van der Waals surface area contributed by atoms with Gasteiger partial charge in [0.1, 0.15) is 5.15 Å². The minimum absolute atomic E-state index is 0.188. The quantitative estimate of drug-likeness (QED) is 0.834. The monoisotopic (exact) mass is 316 g/mol. The molecule has 114 valence electrons. The van der Waals surface area contributed by atoms with Crippen molar-refractivity contribution < 1.29 is 9.90 Å². The Bertz CT molecular complexity index is 671. The van der Waals surface area contributed by atoms with Gasteiger partial charge >= 0.3 is 0 Å². The Labute approximate surface area is 134 Å². The van der Waals surface area contributed by atoms with Gasteiger partial charge in [-0.2, -0.15) is 0 Å². The highest BCUT2D eigenvalue weighted by molar-refractivity contribution is 6.32. The largest absolute Gasteiger partial charge is 0.388 e. The molecule has 0 spiro atoms. The highest BCUT2D eigenvalue weighted by Crippen LogP contribution is 2.54. The number of halogens is 1. The summed E-state index contributed by atoms with van der Waals surface area (Å²) in [4.78, 5) is 16.1. The average molecular weight is 317 g/mol. The van der Waals surface area contributed by atoms with E-state index in [1.807, 2.05) is 30.3 Å². The molecule has 1 aromatic carbocycles. The second kappa shape index (κ2) is 6.07. The molecule has 2 aromatic rings. The first-order valence-electron chi connectivity index (χ1n) is 7.24. The number of hydrogen-bond donors (Lipinski definition) is 2. The van der Waals surface area contributed by atoms with Crippen molar-refractivity contribution in [3.63, 3.8) is 0 Å². The number of hydrogen-bond acceptors (Lipinski definition) is 3. The number of aliphatic hydroxyl groups excluding tert-OH is 1. The molecule has 2 N–H and O–H groups in total. The molecule has 3 rings (SSSR count). The van der Waals surface area contributed by atoms with Gasteiger partial charge in [-0.15, -0.1) is 0 Å². The zero-order chi connectivity index (χ0) is 15.6. The fourth-order valence-corrected chi connectivity index (χ4v) is 2.81. The molecular weight excluding hydrogens is 300 g/mol. The third-order valence-corrected chi connectivity index (χ3v) is 4.49. The number of amides is 1. The summed E-state index contributed by atoms with van der Waals surface area (Å²) in [5, 5.41) is 13.6. The van der Waals surface area contributed by atoms with Gasteiger partial charge in [0.25, 0.3) is 5.91 Å². The second-order valence-corrected chi connectivity index (χ2v) is 6.06. The number of carbonyl (C=O) groups excluding carboxylic acids is 1. The zero-order valence-corrected chi connectivity index (χ0v) is 12.8. The maximum atomic E-state index is 12.2. The number of rotatable bonds is 5. The van der Waals surface area contributed by atoms with E-state index < -0.39 is 6.10 Å². The lowest BCUT2D eigenvalue weighted by Gasteiger charge is -2.23. The van der Waals surface area contributed by atoms with E-state index in [0.717, 1.165) is 18.4 Å². The van der Waals surface area contributed by atoms with Crippen LogP contribution in [0.2, 0.25) is 5.15 Å². The maximum absolute atomic E-state index is 12.2. The summed E-state index contributed by atoms with van der Waals surface area (Å²) in [5.74, 6) is -0.260. The smallest absolute Gasteiger partial charge is 0.254 e. The Kier molecular flexibility index (Phi) is 4.14. The predicted molar refractivity (Wildman–Crippen MR) is 84.6 cm³/mol. The highest BCUT2D eigenvalue weighted by atomic mass is 35.5. The van der Waals surface area contributed by atoms with Crippen molar-refractivity contribution in [3.05, 3.63) is 64.9 Å². The van der Waals surface area contributed by atoms with Crippen molar-refractivity contribution in [2.24, 2.45) is 5.41 Å². The van der Waals surface area contributed by atoms with Crippen LogP contribution in [0.5, 0.6) is 0 Å². The van der Waals surface area contributed by atoms with Crippen molar-refractivity contribution in [1.82, 2.24) is 10.3 Å². The summed E-state index contributed by atoms with van der Waals surface area (Å²) in [7, 11) is 0. The summed E-state index contributed by atoms with van der Waals surface area (Å²) >= 11 is 5.92. The van der Waals surface area contributed by atoms with E-state index in [2.05, 4.69) is 10.3 Å². The average Bonchev–Trinajstić information content (AvgIpc) is 3.34. The molecule has 0 aliphatic heterocycles. The number of carbonyl (C=O) groups is 1. The molecule has 1 saturated carbocycles. The van der Waals surface area contributed by atoms with Crippen molar-refractivity contribution in [2.45, 2.75) is 18.9 Å². The van der Waals surface area contributed by atoms with E-state index >= 15 is 0 Å². The Hall–Kier alpha value is -1.91. The zero-order valence-electron chi connectivity index (χ0n) is 12.0. The van der Waals surface area contributed by atoms with Crippen LogP contribution in [-0.4, -0.2) is 22.5 Å². The number of benzene rings is 1. The molecule has 0 saturated heterocycles. The Morgan fingerprint density at radius 2 is 2.00 bits per heavy atom. The number of nitrogens with one attached hydrogen (secondary N) is 1. The Balaban J connectivity index is 1.66. The Morgan fingerprint density at radius 3 is 2.64 bits per heavy atom. The topological polar surface area (TPSA) is 62.2 Å². The van der Waals surface area contributed by atoms with Crippen molar-refractivity contribution in [3.8, 4) is 0 Å². The minimum atomic E-state index is -0.571. The molecule has 1 amide bonds. The summed E-state index contributed by atoms with van der Waals surface area (Å²) in [5.41, 5.74) is 0.967. The standard InChI is InChI=1S/C17H17ClN2O2/c18-15-13(7-4-10-19-15)16(22)20-11-17(8-9-17)14(21)12-5-2-1-3-6-12/h1-7,10,14,21H,8-9,11H2,(H,20,22). The van der Waals surface area contributed by atoms with Gasteiger partial charge in [-0.25, -0.2) is 4.98 Å². The van der Waals surface area contributed by atoms with Crippen LogP contribution in [0.25, 0.3) is 0 Å². The molecule has 1 atom stereocenters. The van der Waals surface area contributed by atoms with Gasteiger partial charge in [-0.3, -0.25) is 4.79 Å². The summed E-state index contributed by atoms with van der Waals surface area (Å²) in [6.07, 6.45) is 2.76. The van der Waals surface area contributed by atoms with Crippen molar-refractivity contribution in [1.29, 1.82) is 0 Å². The van der Waals surface area contributed by atoms with E-state index in [4.69, 9.17) is 11.6 Å². The third-order valence-electron chi connectivity index (χ3n) is 4.19. The van der Waals surface area contributed by atoms with Crippen LogP contribution < -0.4 is 5.32 Å². The number of nitrogens with zero attached hydrogens (tertiary/aromatic N) is 1. The first kappa shape index (κ1) is 15.0. The lowest BCUT2D eigenvalue weighted by Crippen LogP contribution is -2.33. The van der Waals surface area contributed by atoms with Gasteiger partial charge < -0.3 is 10.4 Å². The van der Waals surface area contributed by atoms with Crippen molar-refractivity contribution in [2.75, 3.05) is 6.54 Å². The van der Waals surface area contributed by atoms with E-state index in [0.29, 0.717) is 12.1 Å². The number of pyridine rings is 1. The molecule has 5 heteroatoms. The fraction of sp³-hybridized carbons (Fsp3) is 0.294. The van der Waals surface area contributed by atoms with Crippen LogP contribution in [-0.2, 0) is 0 Å². The SMILES string of the molecule is O=C(NCC1(C(O)c2ccccc2)CC1)c1cccnc1Cl. The fourth-order valence-electron chi connectivity index (χ4n) is 2.60. The molecular formula is C17H17ClN2O2. The van der Waals surface area contributed by atoms with Gasteiger partial charge in [-0.05, 0) is 30.5 Å². The normalized spacial score (nSPS) is 16.8. The lowest BCUT2D eigenvalue weighted by atomic mass is 9.92. The van der Waals surface area contributed by atoms with Crippen LogP contribution in [0.15, 0.2) is 48.7 Å². The van der Waals surface area contributed by atoms with E-state index in [-0.39, 0.29) is 16.5 Å². The lowest BCUT2D eigenvalue weighted by molar-refractivity contribution is 0.0808. The van der Waals surface area contributed by atoms with E-state index in [1.165, 1.54) is 0 Å². The highest BCUT2D eigenvalue weighted by Gasteiger charge is 2.49. The van der Waals surface area contributed by atoms with Crippen LogP contribution in [0.4, 0.5) is 0 Å². The summed E-state index contributed by atoms with van der Waals surface area (Å²) in [6.45, 7) is 0.424. The molecule has 0 bridgehead atoms. The van der Waals surface area contributed by atoms with Crippen LogP contribution in [0.3, 0.4) is 0 Å². The van der Waals surface area contributed by atoms with Gasteiger partial charge in [-0.1, -0.05) is 41.9 Å². The van der Waals surface area contributed by atoms with Crippen molar-refractivity contribution >= 4 is 17.5 Å². The molecule has 1 unspecified atom stereocenters. The van der Waals surface area contributed by atoms with Crippen LogP contribution in [0, 0.1) is 5.41 Å². The van der Waals surface area contributed by atoms with Gasteiger partial charge in [0.15, 0.2) is 0 Å². The molecule has 1 heterocycles. The molecule has 1 fully saturated rings. The van der Waals surface area contributed by atoms with Gasteiger partial charge in [0, 0.05) is 18.2 Å². The second-order valence-electron chi connectivity index (χ2n) is 5.70. The summed E-state index contributed by atoms with van der Waals surface area (Å²) in [6, 6.07) is 12.9. The van der Waals surface area contributed by atoms with Crippen LogP contribution in [0.1, 0.15) is 34.9 Å². The number of aliphatic hydroxyl groups is 1. The molecule has 1 aromatic heterocycles. The first-order valence-corrected chi connectivity index (χ1v) is 7.62. The van der Waals surface area contributed by atoms with Gasteiger partial charge in [0.05, 0.1) is 11.7 Å². The predicted octanol–water partition coefficient (Wildman–Crippen LogP) is 2.98. The van der Waals surface area contributed by atoms with E-state index in [9.17, 15) is 9.90 Å². The molecule has 1 aliphatic rings. The maximum Gasteiger partial charge on any atom is 0.254 e. The molecule has 4 nitrogen and oxygen atoms in total. The van der Waals surface area contributed by atoms with Gasteiger partial charge in [0.2, 0.25) is 0 Å². The van der Waals surface area contributed by atoms with E-state index in [1.54, 1.807) is 18.3 Å². The first-order chi connectivity index (χ1) is 10.6. The minimum Gasteiger partial charge on any atom is -0.388 e. The molecule has 0 radical (unpaired) electrons. The van der Waals surface area contributed by atoms with Crippen LogP contribution >= 0.6 is 11.6 Å². The number of aromatic nitrogens is 1. The molecule has 1 aliphatic carbocycles. The summed E-state index contributed by atoms with van der Waals surface area (Å²) < 4.78 is 0. The molecule has 22 heavy (non-hydrogen) atoms. The third kappa shape index (κ3) is 2.98.